The van der Waals surface area contributed by atoms with Gasteiger partial charge in [-0.25, -0.2) is 0 Å². The quantitative estimate of drug-likeness (QED) is 0.806. The summed E-state index contributed by atoms with van der Waals surface area (Å²) in [5.41, 5.74) is 3.40. The molecule has 2 aromatic carbocycles. The van der Waals surface area contributed by atoms with Crippen molar-refractivity contribution in [2.24, 2.45) is 0 Å². The number of nitrogens with zero attached hydrogens (tertiary/aromatic N) is 1. The first kappa shape index (κ1) is 17.3. The topological polar surface area (TPSA) is 15.3 Å². The maximum absolute atomic E-state index is 13.3. The predicted molar refractivity (Wildman–Crippen MR) is 102 cm³/mol. The molecule has 0 amide bonds. The van der Waals surface area contributed by atoms with Crippen LogP contribution in [-0.2, 0) is 12.7 Å². The minimum absolute atomic E-state index is 0.197. The Kier molecular flexibility index (Phi) is 4.61. The summed E-state index contributed by atoms with van der Waals surface area (Å²) in [5.74, 6) is 2.27. The molecule has 0 unspecified atom stereocenters. The highest BCUT2D eigenvalue weighted by molar-refractivity contribution is 7.99. The lowest BCUT2D eigenvalue weighted by Crippen LogP contribution is -2.32. The molecule has 2 aliphatic rings. The molecule has 136 valence electrons. The number of anilines is 1. The van der Waals surface area contributed by atoms with Crippen LogP contribution in [-0.4, -0.2) is 24.6 Å². The third-order valence-corrected chi connectivity index (χ3v) is 5.74. The molecule has 2 heterocycles. The van der Waals surface area contributed by atoms with Gasteiger partial charge < -0.3 is 10.2 Å². The minimum Gasteiger partial charge on any atom is -0.380 e. The lowest BCUT2D eigenvalue weighted by molar-refractivity contribution is -0.137. The Morgan fingerprint density at radius 2 is 1.77 bits per heavy atom. The van der Waals surface area contributed by atoms with E-state index >= 15 is 0 Å². The zero-order valence-corrected chi connectivity index (χ0v) is 15.0. The molecular weight excluding hydrogens is 357 g/mol. The van der Waals surface area contributed by atoms with E-state index in [1.54, 1.807) is 6.07 Å². The summed E-state index contributed by atoms with van der Waals surface area (Å²) in [6.07, 6.45) is -2.55. The Balaban J connectivity index is 1.66. The van der Waals surface area contributed by atoms with E-state index in [4.69, 9.17) is 0 Å². The van der Waals surface area contributed by atoms with E-state index in [0.717, 1.165) is 41.8 Å². The second kappa shape index (κ2) is 6.91. The number of thioether (sulfide) groups is 1. The lowest BCUT2D eigenvalue weighted by Gasteiger charge is -2.30. The average molecular weight is 376 g/mol. The zero-order valence-electron chi connectivity index (χ0n) is 14.1. The van der Waals surface area contributed by atoms with E-state index < -0.39 is 11.7 Å². The maximum atomic E-state index is 13.3. The van der Waals surface area contributed by atoms with Crippen LogP contribution >= 0.6 is 11.8 Å². The van der Waals surface area contributed by atoms with E-state index in [0.29, 0.717) is 12.2 Å². The minimum atomic E-state index is -4.37. The molecule has 2 aliphatic heterocycles. The van der Waals surface area contributed by atoms with Crippen molar-refractivity contribution in [2.75, 3.05) is 29.5 Å². The van der Waals surface area contributed by atoms with E-state index in [-0.39, 0.29) is 5.56 Å². The average Bonchev–Trinajstić information content (AvgIpc) is 2.67. The zero-order chi connectivity index (χ0) is 18.1. The van der Waals surface area contributed by atoms with Gasteiger partial charge in [0.1, 0.15) is 0 Å². The summed E-state index contributed by atoms with van der Waals surface area (Å²) in [7, 11) is 0. The second-order valence-electron chi connectivity index (χ2n) is 6.44. The van der Waals surface area contributed by atoms with Crippen LogP contribution in [0.25, 0.3) is 11.8 Å². The Morgan fingerprint density at radius 1 is 1.00 bits per heavy atom. The van der Waals surface area contributed by atoms with Gasteiger partial charge in [-0.05, 0) is 35.4 Å². The number of rotatable bonds is 2. The molecule has 1 saturated heterocycles. The summed E-state index contributed by atoms with van der Waals surface area (Å²) in [6.45, 7) is 2.61. The molecule has 6 heteroatoms. The Hall–Kier alpha value is -2.08. The Bertz CT molecular complexity index is 839. The van der Waals surface area contributed by atoms with Gasteiger partial charge in [0.25, 0.3) is 0 Å². The number of hydrogen-bond acceptors (Lipinski definition) is 3. The van der Waals surface area contributed by atoms with Crippen molar-refractivity contribution in [1.82, 2.24) is 5.32 Å². The van der Waals surface area contributed by atoms with Gasteiger partial charge in [0.2, 0.25) is 0 Å². The summed E-state index contributed by atoms with van der Waals surface area (Å²) < 4.78 is 39.9. The fourth-order valence-corrected chi connectivity index (χ4v) is 4.34. The van der Waals surface area contributed by atoms with E-state index in [9.17, 15) is 13.2 Å². The van der Waals surface area contributed by atoms with Gasteiger partial charge in [0.05, 0.1) is 5.56 Å². The van der Waals surface area contributed by atoms with Crippen molar-refractivity contribution in [2.45, 2.75) is 12.7 Å². The van der Waals surface area contributed by atoms with Gasteiger partial charge >= 0.3 is 6.18 Å². The van der Waals surface area contributed by atoms with Crippen LogP contribution in [0.15, 0.2) is 42.5 Å². The van der Waals surface area contributed by atoms with Crippen molar-refractivity contribution in [1.29, 1.82) is 0 Å². The molecule has 4 rings (SSSR count). The van der Waals surface area contributed by atoms with Crippen molar-refractivity contribution >= 4 is 29.2 Å². The standard InChI is InChI=1S/C20H19F3N2S/c21-20(22,23)18-4-2-1-3-17(18)19-12-14-5-6-16(11-15(14)13-24-19)25-7-9-26-10-8-25/h1-6,11-12,24H,7-10,13H2. The van der Waals surface area contributed by atoms with Crippen molar-refractivity contribution in [3.63, 3.8) is 0 Å². The molecule has 2 aromatic rings. The van der Waals surface area contributed by atoms with Crippen molar-refractivity contribution < 1.29 is 13.2 Å². The normalized spacial score (nSPS) is 17.3. The molecule has 0 aromatic heterocycles. The molecule has 0 radical (unpaired) electrons. The lowest BCUT2D eigenvalue weighted by atomic mass is 9.96. The number of halogens is 3. The molecule has 26 heavy (non-hydrogen) atoms. The molecule has 0 bridgehead atoms. The number of fused-ring (bicyclic) bond motifs is 1. The van der Waals surface area contributed by atoms with Crippen LogP contribution in [0, 0.1) is 0 Å². The van der Waals surface area contributed by atoms with Crippen molar-refractivity contribution in [3.8, 4) is 0 Å². The summed E-state index contributed by atoms with van der Waals surface area (Å²) in [4.78, 5) is 2.37. The van der Waals surface area contributed by atoms with Crippen LogP contribution < -0.4 is 10.2 Å². The first-order valence-corrected chi connectivity index (χ1v) is 9.75. The predicted octanol–water partition coefficient (Wildman–Crippen LogP) is 4.86. The highest BCUT2D eigenvalue weighted by atomic mass is 32.2. The third-order valence-electron chi connectivity index (χ3n) is 4.79. The van der Waals surface area contributed by atoms with Gasteiger partial charge in [-0.15, -0.1) is 0 Å². The fourth-order valence-electron chi connectivity index (χ4n) is 3.44. The largest absolute Gasteiger partial charge is 0.417 e. The van der Waals surface area contributed by atoms with E-state index in [2.05, 4.69) is 22.3 Å². The smallest absolute Gasteiger partial charge is 0.380 e. The number of hydrogen-bond donors (Lipinski definition) is 1. The van der Waals surface area contributed by atoms with Crippen LogP contribution in [0.2, 0.25) is 0 Å². The summed E-state index contributed by atoms with van der Waals surface area (Å²) in [5, 5.41) is 3.17. The van der Waals surface area contributed by atoms with Gasteiger partial charge in [-0.3, -0.25) is 0 Å². The maximum Gasteiger partial charge on any atom is 0.417 e. The van der Waals surface area contributed by atoms with Crippen LogP contribution in [0.5, 0.6) is 0 Å². The monoisotopic (exact) mass is 376 g/mol. The molecule has 0 aliphatic carbocycles. The SMILES string of the molecule is FC(F)(F)c1ccccc1C1=Cc2ccc(N3CCSCC3)cc2CN1. The fraction of sp³-hybridized carbons (Fsp3) is 0.300. The molecular formula is C20H19F3N2S. The second-order valence-corrected chi connectivity index (χ2v) is 7.66. The Labute approximate surface area is 155 Å². The first-order chi connectivity index (χ1) is 12.5. The van der Waals surface area contributed by atoms with E-state index in [1.807, 2.05) is 23.9 Å². The molecule has 0 saturated carbocycles. The van der Waals surface area contributed by atoms with Gasteiger partial charge in [-0.2, -0.15) is 24.9 Å². The highest BCUT2D eigenvalue weighted by Gasteiger charge is 2.34. The third kappa shape index (κ3) is 3.43. The van der Waals surface area contributed by atoms with Crippen LogP contribution in [0.1, 0.15) is 22.3 Å². The highest BCUT2D eigenvalue weighted by Crippen LogP contribution is 2.36. The molecule has 0 spiro atoms. The van der Waals surface area contributed by atoms with Crippen LogP contribution in [0.3, 0.4) is 0 Å². The van der Waals surface area contributed by atoms with Gasteiger partial charge in [-0.1, -0.05) is 24.3 Å². The van der Waals surface area contributed by atoms with Gasteiger partial charge in [0.15, 0.2) is 0 Å². The number of benzene rings is 2. The number of nitrogens with one attached hydrogen (secondary N) is 1. The molecule has 0 atom stereocenters. The van der Waals surface area contributed by atoms with Crippen molar-refractivity contribution in [3.05, 3.63) is 64.7 Å². The molecule has 1 N–H and O–H groups in total. The summed E-state index contributed by atoms with van der Waals surface area (Å²) in [6, 6.07) is 12.0. The number of alkyl halides is 3. The molecule has 2 nitrogen and oxygen atoms in total. The first-order valence-electron chi connectivity index (χ1n) is 8.60. The van der Waals surface area contributed by atoms with E-state index in [1.165, 1.54) is 17.8 Å². The summed E-state index contributed by atoms with van der Waals surface area (Å²) >= 11 is 1.97. The van der Waals surface area contributed by atoms with Crippen LogP contribution in [0.4, 0.5) is 18.9 Å². The Morgan fingerprint density at radius 3 is 2.54 bits per heavy atom. The molecule has 1 fully saturated rings. The van der Waals surface area contributed by atoms with Gasteiger partial charge in [0, 0.05) is 48.1 Å².